The Kier molecular flexibility index (Phi) is 11.1. The number of halogens is 1. The third-order valence-corrected chi connectivity index (χ3v) is 7.04. The zero-order chi connectivity index (χ0) is 18.1. The van der Waals surface area contributed by atoms with Gasteiger partial charge in [-0.3, -0.25) is 9.89 Å². The number of thioether (sulfide) groups is 1. The molecule has 3 heterocycles. The molecule has 3 fully saturated rings. The number of likely N-dealkylation sites (tertiary alicyclic amines) is 1. The number of piperidine rings is 1. The van der Waals surface area contributed by atoms with Gasteiger partial charge in [0.15, 0.2) is 5.96 Å². The Morgan fingerprint density at radius 2 is 1.89 bits per heavy atom. The van der Waals surface area contributed by atoms with Crippen molar-refractivity contribution in [2.45, 2.75) is 38.1 Å². The monoisotopic (exact) mass is 511 g/mol. The summed E-state index contributed by atoms with van der Waals surface area (Å²) in [6.45, 7) is 12.4. The molecule has 6 nitrogen and oxygen atoms in total. The maximum Gasteiger partial charge on any atom is 0.191 e. The third kappa shape index (κ3) is 7.21. The first-order chi connectivity index (χ1) is 12.8. The van der Waals surface area contributed by atoms with Gasteiger partial charge in [-0.2, -0.15) is 11.8 Å². The van der Waals surface area contributed by atoms with Gasteiger partial charge in [0, 0.05) is 38.5 Å². The minimum Gasteiger partial charge on any atom is -0.379 e. The molecule has 3 aliphatic heterocycles. The molecule has 0 radical (unpaired) electrons. The molecule has 2 N–H and O–H groups in total. The second kappa shape index (κ2) is 12.7. The van der Waals surface area contributed by atoms with Crippen LogP contribution in [-0.4, -0.2) is 98.4 Å². The summed E-state index contributed by atoms with van der Waals surface area (Å²) in [5.74, 6) is 3.43. The first-order valence-corrected chi connectivity index (χ1v) is 11.6. The maximum absolute atomic E-state index is 5.57. The van der Waals surface area contributed by atoms with Gasteiger partial charge < -0.3 is 20.3 Å². The molecule has 3 rings (SSSR count). The smallest absolute Gasteiger partial charge is 0.191 e. The topological polar surface area (TPSA) is 52.1 Å². The summed E-state index contributed by atoms with van der Waals surface area (Å²) in [5.41, 5.74) is 0.226. The van der Waals surface area contributed by atoms with Gasteiger partial charge in [0.1, 0.15) is 0 Å². The highest BCUT2D eigenvalue weighted by molar-refractivity contribution is 14.0. The van der Waals surface area contributed by atoms with Crippen LogP contribution in [0.25, 0.3) is 0 Å². The van der Waals surface area contributed by atoms with Crippen molar-refractivity contribution in [3.63, 3.8) is 0 Å². The van der Waals surface area contributed by atoms with E-state index in [1.165, 1.54) is 50.3 Å². The van der Waals surface area contributed by atoms with Crippen LogP contribution in [0.1, 0.15) is 32.6 Å². The van der Waals surface area contributed by atoms with Gasteiger partial charge >= 0.3 is 0 Å². The van der Waals surface area contributed by atoms with E-state index in [9.17, 15) is 0 Å². The highest BCUT2D eigenvalue weighted by Crippen LogP contribution is 2.34. The molecule has 0 aromatic heterocycles. The van der Waals surface area contributed by atoms with E-state index in [2.05, 4.69) is 39.1 Å². The van der Waals surface area contributed by atoms with E-state index >= 15 is 0 Å². The lowest BCUT2D eigenvalue weighted by molar-refractivity contribution is -0.0104. The van der Waals surface area contributed by atoms with Gasteiger partial charge in [-0.25, -0.2) is 0 Å². The van der Waals surface area contributed by atoms with E-state index in [0.29, 0.717) is 0 Å². The number of nitrogens with zero attached hydrogens (tertiary/aromatic N) is 3. The molecule has 1 unspecified atom stereocenters. The van der Waals surface area contributed by atoms with Crippen molar-refractivity contribution in [2.75, 3.05) is 77.1 Å². The zero-order valence-electron chi connectivity index (χ0n) is 16.9. The molecular weight excluding hydrogens is 473 g/mol. The molecule has 0 spiro atoms. The summed E-state index contributed by atoms with van der Waals surface area (Å²) in [7, 11) is 0. The predicted molar refractivity (Wildman–Crippen MR) is 127 cm³/mol. The number of aliphatic imine (C=N–C) groups is 1. The number of morpholine rings is 1. The van der Waals surface area contributed by atoms with Crippen LogP contribution in [0, 0.1) is 0 Å². The average molecular weight is 512 g/mol. The summed E-state index contributed by atoms with van der Waals surface area (Å²) in [4.78, 5) is 10.2. The van der Waals surface area contributed by atoms with Crippen LogP contribution in [0.2, 0.25) is 0 Å². The number of guanidine groups is 1. The molecule has 3 saturated heterocycles. The maximum atomic E-state index is 5.57. The predicted octanol–water partition coefficient (Wildman–Crippen LogP) is 1.85. The van der Waals surface area contributed by atoms with Crippen molar-refractivity contribution in [1.29, 1.82) is 0 Å². The lowest BCUT2D eigenvalue weighted by Crippen LogP contribution is -2.56. The van der Waals surface area contributed by atoms with Crippen LogP contribution < -0.4 is 10.6 Å². The number of ether oxygens (including phenoxy) is 1. The lowest BCUT2D eigenvalue weighted by Gasteiger charge is -2.42. The fraction of sp³-hybridized carbons (Fsp3) is 0.947. The first-order valence-electron chi connectivity index (χ1n) is 10.5. The number of nitrogens with one attached hydrogen (secondary N) is 2. The van der Waals surface area contributed by atoms with Gasteiger partial charge in [0.25, 0.3) is 0 Å². The number of hydrogen-bond donors (Lipinski definition) is 2. The van der Waals surface area contributed by atoms with E-state index < -0.39 is 0 Å². The van der Waals surface area contributed by atoms with E-state index in [-0.39, 0.29) is 29.5 Å². The highest BCUT2D eigenvalue weighted by atomic mass is 127. The van der Waals surface area contributed by atoms with Crippen molar-refractivity contribution in [1.82, 2.24) is 20.4 Å². The third-order valence-electron chi connectivity index (χ3n) is 5.81. The summed E-state index contributed by atoms with van der Waals surface area (Å²) in [6.07, 6.45) is 5.35. The Bertz CT molecular complexity index is 436. The fourth-order valence-corrected chi connectivity index (χ4v) is 5.66. The van der Waals surface area contributed by atoms with Gasteiger partial charge in [0.05, 0.1) is 25.3 Å². The van der Waals surface area contributed by atoms with Crippen LogP contribution in [0.3, 0.4) is 0 Å². The second-order valence-corrected chi connectivity index (χ2v) is 8.76. The normalized spacial score (nSPS) is 28.0. The Morgan fingerprint density at radius 3 is 2.56 bits per heavy atom. The lowest BCUT2D eigenvalue weighted by atomic mass is 9.96. The second-order valence-electron chi connectivity index (χ2n) is 7.65. The molecule has 1 atom stereocenters. The summed E-state index contributed by atoms with van der Waals surface area (Å²) in [6, 6.07) is 0. The van der Waals surface area contributed by atoms with Gasteiger partial charge in [0.2, 0.25) is 0 Å². The molecule has 0 aromatic carbocycles. The molecule has 3 aliphatic rings. The average Bonchev–Trinajstić information content (AvgIpc) is 3.18. The van der Waals surface area contributed by atoms with Crippen LogP contribution >= 0.6 is 35.7 Å². The minimum absolute atomic E-state index is 0. The fourth-order valence-electron chi connectivity index (χ4n) is 4.19. The first kappa shape index (κ1) is 23.5. The van der Waals surface area contributed by atoms with Gasteiger partial charge in [-0.05, 0) is 45.0 Å². The quantitative estimate of drug-likeness (QED) is 0.309. The molecule has 0 amide bonds. The summed E-state index contributed by atoms with van der Waals surface area (Å²) >= 11 is 2.08. The Balaban J connectivity index is 0.00000261. The molecule has 0 bridgehead atoms. The summed E-state index contributed by atoms with van der Waals surface area (Å²) in [5, 5.41) is 6.99. The molecule has 158 valence electrons. The van der Waals surface area contributed by atoms with E-state index in [1.807, 2.05) is 0 Å². The molecule has 0 aliphatic carbocycles. The van der Waals surface area contributed by atoms with Crippen molar-refractivity contribution in [3.8, 4) is 0 Å². The molecule has 0 saturated carbocycles. The standard InChI is InChI=1S/C19H37N5OS.HI/c1-2-20-18(21-7-10-23-8-4-3-5-9-23)22-16-19(6-15-26-17-19)24-11-13-25-14-12-24;/h2-17H2,1H3,(H2,20,21,22);1H. The van der Waals surface area contributed by atoms with Gasteiger partial charge in [-0.15, -0.1) is 24.0 Å². The Hall–Kier alpha value is 0.230. The Labute approximate surface area is 186 Å². The van der Waals surface area contributed by atoms with E-state index in [4.69, 9.17) is 9.73 Å². The van der Waals surface area contributed by atoms with Crippen LogP contribution in [-0.2, 0) is 4.74 Å². The highest BCUT2D eigenvalue weighted by Gasteiger charge is 2.40. The molecule has 0 aromatic rings. The number of rotatable bonds is 7. The summed E-state index contributed by atoms with van der Waals surface area (Å²) < 4.78 is 5.57. The minimum atomic E-state index is 0. The van der Waals surface area contributed by atoms with Crippen LogP contribution in [0.15, 0.2) is 4.99 Å². The molecular formula is C19H38IN5OS. The number of hydrogen-bond acceptors (Lipinski definition) is 5. The molecule has 8 heteroatoms. The van der Waals surface area contributed by atoms with Crippen molar-refractivity contribution >= 4 is 41.7 Å². The van der Waals surface area contributed by atoms with Crippen molar-refractivity contribution in [3.05, 3.63) is 0 Å². The van der Waals surface area contributed by atoms with Crippen LogP contribution in [0.5, 0.6) is 0 Å². The van der Waals surface area contributed by atoms with Crippen molar-refractivity contribution < 1.29 is 4.74 Å². The van der Waals surface area contributed by atoms with E-state index in [0.717, 1.165) is 58.4 Å². The van der Waals surface area contributed by atoms with Crippen LogP contribution in [0.4, 0.5) is 0 Å². The van der Waals surface area contributed by atoms with Crippen molar-refractivity contribution in [2.24, 2.45) is 4.99 Å². The molecule has 27 heavy (non-hydrogen) atoms. The Morgan fingerprint density at radius 1 is 1.11 bits per heavy atom. The van der Waals surface area contributed by atoms with Gasteiger partial charge in [-0.1, -0.05) is 6.42 Å². The zero-order valence-corrected chi connectivity index (χ0v) is 20.0. The van der Waals surface area contributed by atoms with E-state index in [1.54, 1.807) is 0 Å². The largest absolute Gasteiger partial charge is 0.379 e. The SMILES string of the molecule is CCNC(=NCC1(N2CCOCC2)CCSC1)NCCN1CCCCC1.I.